The van der Waals surface area contributed by atoms with E-state index in [9.17, 15) is 13.2 Å². The monoisotopic (exact) mass is 244 g/mol. The summed E-state index contributed by atoms with van der Waals surface area (Å²) in [5, 5.41) is 0. The van der Waals surface area contributed by atoms with Gasteiger partial charge in [-0.2, -0.15) is 13.2 Å². The van der Waals surface area contributed by atoms with Gasteiger partial charge in [0.25, 0.3) is 0 Å². The van der Waals surface area contributed by atoms with Gasteiger partial charge < -0.3 is 4.74 Å². The first kappa shape index (κ1) is 13.6. The number of hydrogen-bond acceptors (Lipinski definition) is 1. The van der Waals surface area contributed by atoms with Gasteiger partial charge in [0.15, 0.2) is 0 Å². The fourth-order valence-electron chi connectivity index (χ4n) is 1.32. The average molecular weight is 244 g/mol. The summed E-state index contributed by atoms with van der Waals surface area (Å²) >= 11 is 0. The zero-order valence-corrected chi connectivity index (χ0v) is 9.68. The molecule has 94 valence electrons. The van der Waals surface area contributed by atoms with Crippen LogP contribution in [0.1, 0.15) is 30.9 Å². The maximum absolute atomic E-state index is 12.6. The molecule has 0 saturated carbocycles. The Kier molecular flexibility index (Phi) is 4.61. The number of halogens is 3. The number of rotatable bonds is 5. The van der Waals surface area contributed by atoms with E-state index < -0.39 is 11.7 Å². The highest BCUT2D eigenvalue weighted by Gasteiger charge is 2.31. The van der Waals surface area contributed by atoms with Gasteiger partial charge in [0.05, 0.1) is 12.2 Å². The van der Waals surface area contributed by atoms with Gasteiger partial charge in [0, 0.05) is 0 Å². The van der Waals surface area contributed by atoms with Gasteiger partial charge in [-0.15, -0.1) is 0 Å². The molecule has 0 radical (unpaired) electrons. The number of hydrogen-bond donors (Lipinski definition) is 0. The van der Waals surface area contributed by atoms with Crippen molar-refractivity contribution >= 4 is 6.08 Å². The van der Waals surface area contributed by atoms with Crippen LogP contribution >= 0.6 is 0 Å². The van der Waals surface area contributed by atoms with E-state index in [1.807, 2.05) is 6.92 Å². The van der Waals surface area contributed by atoms with E-state index in [1.54, 1.807) is 6.07 Å². The minimum absolute atomic E-state index is 0.239. The third-order valence-electron chi connectivity index (χ3n) is 2.26. The van der Waals surface area contributed by atoms with Gasteiger partial charge in [-0.05, 0) is 30.2 Å². The van der Waals surface area contributed by atoms with Crippen LogP contribution in [0, 0.1) is 0 Å². The highest BCUT2D eigenvalue weighted by molar-refractivity contribution is 5.52. The van der Waals surface area contributed by atoms with Crippen molar-refractivity contribution in [3.05, 3.63) is 35.9 Å². The Hall–Kier alpha value is -1.45. The van der Waals surface area contributed by atoms with E-state index in [0.29, 0.717) is 12.2 Å². The summed E-state index contributed by atoms with van der Waals surface area (Å²) in [7, 11) is 0. The summed E-state index contributed by atoms with van der Waals surface area (Å²) < 4.78 is 43.0. The first-order valence-corrected chi connectivity index (χ1v) is 5.45. The predicted octanol–water partition coefficient (Wildman–Crippen LogP) is 4.53. The lowest BCUT2D eigenvalue weighted by molar-refractivity contribution is -0.137. The molecule has 1 rings (SSSR count). The minimum Gasteiger partial charge on any atom is -0.494 e. The SMILES string of the molecule is C=Cc1cc(OCCCC)cc(C(F)(F)F)c1. The van der Waals surface area contributed by atoms with Crippen LogP contribution in [0.4, 0.5) is 13.2 Å². The third-order valence-corrected chi connectivity index (χ3v) is 2.26. The van der Waals surface area contributed by atoms with Crippen molar-refractivity contribution in [2.75, 3.05) is 6.61 Å². The van der Waals surface area contributed by atoms with Crippen molar-refractivity contribution in [2.24, 2.45) is 0 Å². The Morgan fingerprint density at radius 1 is 1.29 bits per heavy atom. The van der Waals surface area contributed by atoms with Gasteiger partial charge in [0.2, 0.25) is 0 Å². The molecule has 0 bridgehead atoms. The molecule has 17 heavy (non-hydrogen) atoms. The van der Waals surface area contributed by atoms with E-state index >= 15 is 0 Å². The van der Waals surface area contributed by atoms with E-state index in [2.05, 4.69) is 6.58 Å². The van der Waals surface area contributed by atoms with Crippen LogP contribution in [0.3, 0.4) is 0 Å². The third kappa shape index (κ3) is 4.13. The largest absolute Gasteiger partial charge is 0.494 e. The highest BCUT2D eigenvalue weighted by Crippen LogP contribution is 2.33. The van der Waals surface area contributed by atoms with Gasteiger partial charge in [-0.1, -0.05) is 26.0 Å². The second-order valence-electron chi connectivity index (χ2n) is 3.69. The molecule has 0 atom stereocenters. The van der Waals surface area contributed by atoms with Gasteiger partial charge >= 0.3 is 6.18 Å². The van der Waals surface area contributed by atoms with Crippen LogP contribution in [0.5, 0.6) is 5.75 Å². The molecular weight excluding hydrogens is 229 g/mol. The standard InChI is InChI=1S/C13H15F3O/c1-3-5-6-17-12-8-10(4-2)7-11(9-12)13(14,15)16/h4,7-9H,2-3,5-6H2,1H3. The quantitative estimate of drug-likeness (QED) is 0.691. The summed E-state index contributed by atoms with van der Waals surface area (Å²) in [5.41, 5.74) is -0.298. The van der Waals surface area contributed by atoms with Gasteiger partial charge in [-0.25, -0.2) is 0 Å². The zero-order valence-electron chi connectivity index (χ0n) is 9.68. The maximum Gasteiger partial charge on any atom is 0.416 e. The number of ether oxygens (including phenoxy) is 1. The highest BCUT2D eigenvalue weighted by atomic mass is 19.4. The minimum atomic E-state index is -4.36. The van der Waals surface area contributed by atoms with Crippen LogP contribution < -0.4 is 4.74 Å². The van der Waals surface area contributed by atoms with Crippen LogP contribution in [0.25, 0.3) is 6.08 Å². The number of alkyl halides is 3. The smallest absolute Gasteiger partial charge is 0.416 e. The maximum atomic E-state index is 12.6. The Labute approximate surface area is 98.9 Å². The molecule has 1 aromatic rings. The van der Waals surface area contributed by atoms with Crippen molar-refractivity contribution in [2.45, 2.75) is 25.9 Å². The Bertz CT molecular complexity index is 383. The van der Waals surface area contributed by atoms with E-state index in [-0.39, 0.29) is 5.75 Å². The molecule has 0 spiro atoms. The first-order chi connectivity index (χ1) is 7.97. The normalized spacial score (nSPS) is 11.3. The summed E-state index contributed by atoms with van der Waals surface area (Å²) in [6.07, 6.45) is -1.23. The molecule has 4 heteroatoms. The van der Waals surface area contributed by atoms with Crippen molar-refractivity contribution in [1.29, 1.82) is 0 Å². The molecule has 0 unspecified atom stereocenters. The van der Waals surface area contributed by atoms with Gasteiger partial charge in [0.1, 0.15) is 5.75 Å². The first-order valence-electron chi connectivity index (χ1n) is 5.45. The molecule has 0 aliphatic rings. The zero-order chi connectivity index (χ0) is 12.9. The van der Waals surface area contributed by atoms with E-state index in [4.69, 9.17) is 4.74 Å². The number of unbranched alkanes of at least 4 members (excludes halogenated alkanes) is 1. The van der Waals surface area contributed by atoms with Crippen molar-refractivity contribution in [3.8, 4) is 5.75 Å². The lowest BCUT2D eigenvalue weighted by Crippen LogP contribution is -2.06. The van der Waals surface area contributed by atoms with Crippen molar-refractivity contribution in [3.63, 3.8) is 0 Å². The van der Waals surface area contributed by atoms with Crippen molar-refractivity contribution in [1.82, 2.24) is 0 Å². The Morgan fingerprint density at radius 2 is 2.00 bits per heavy atom. The summed E-state index contributed by atoms with van der Waals surface area (Å²) in [4.78, 5) is 0. The van der Waals surface area contributed by atoms with Crippen LogP contribution in [0.15, 0.2) is 24.8 Å². The molecule has 0 aliphatic carbocycles. The molecule has 0 aliphatic heterocycles. The predicted molar refractivity (Wildman–Crippen MR) is 61.9 cm³/mol. The summed E-state index contributed by atoms with van der Waals surface area (Å²) in [6.45, 7) is 5.88. The van der Waals surface area contributed by atoms with E-state index in [0.717, 1.165) is 25.0 Å². The Morgan fingerprint density at radius 3 is 2.53 bits per heavy atom. The molecule has 0 fully saturated rings. The van der Waals surface area contributed by atoms with Crippen LogP contribution in [0.2, 0.25) is 0 Å². The molecule has 0 amide bonds. The fourth-order valence-corrected chi connectivity index (χ4v) is 1.32. The second-order valence-corrected chi connectivity index (χ2v) is 3.69. The number of benzene rings is 1. The molecular formula is C13H15F3O. The molecule has 1 nitrogen and oxygen atoms in total. The molecule has 1 aromatic carbocycles. The second kappa shape index (κ2) is 5.75. The van der Waals surface area contributed by atoms with Gasteiger partial charge in [-0.3, -0.25) is 0 Å². The lowest BCUT2D eigenvalue weighted by atomic mass is 10.1. The summed E-state index contributed by atoms with van der Waals surface area (Å²) in [5.74, 6) is 0.239. The molecule has 0 saturated heterocycles. The molecule has 0 heterocycles. The molecule has 0 aromatic heterocycles. The topological polar surface area (TPSA) is 9.23 Å². The lowest BCUT2D eigenvalue weighted by Gasteiger charge is -2.11. The Balaban J connectivity index is 2.93. The van der Waals surface area contributed by atoms with Crippen LogP contribution in [-0.4, -0.2) is 6.61 Å². The van der Waals surface area contributed by atoms with Crippen LogP contribution in [-0.2, 0) is 6.18 Å². The average Bonchev–Trinajstić information content (AvgIpc) is 2.28. The van der Waals surface area contributed by atoms with Crippen molar-refractivity contribution < 1.29 is 17.9 Å². The summed E-state index contributed by atoms with van der Waals surface area (Å²) in [6, 6.07) is 3.63. The van der Waals surface area contributed by atoms with E-state index in [1.165, 1.54) is 6.08 Å². The fraction of sp³-hybridized carbons (Fsp3) is 0.385. The molecule has 0 N–H and O–H groups in total.